The Morgan fingerprint density at radius 3 is 1.75 bits per heavy atom. The van der Waals surface area contributed by atoms with Gasteiger partial charge in [0.05, 0.1) is 15.9 Å². The Bertz CT molecular complexity index is 383. The van der Waals surface area contributed by atoms with Crippen molar-refractivity contribution in [2.75, 3.05) is 0 Å². The second kappa shape index (κ2) is 6.06. The summed E-state index contributed by atoms with van der Waals surface area (Å²) >= 11 is 0. The van der Waals surface area contributed by atoms with Crippen molar-refractivity contribution in [1.82, 2.24) is 0 Å². The van der Waals surface area contributed by atoms with Crippen LogP contribution in [-0.4, -0.2) is 20.9 Å². The molecule has 0 heterocycles. The van der Waals surface area contributed by atoms with Crippen LogP contribution < -0.4 is 0 Å². The molecule has 0 radical (unpaired) electrons. The highest BCUT2D eigenvalue weighted by Crippen LogP contribution is 2.18. The maximum Gasteiger partial charge on any atom is 0.300 e. The predicted octanol–water partition coefficient (Wildman–Crippen LogP) is 1.59. The highest BCUT2D eigenvalue weighted by atomic mass is 16.6. The fourth-order valence-electron chi connectivity index (χ4n) is 0.720. The first-order valence-corrected chi connectivity index (χ1v) is 3.93. The maximum absolute atomic E-state index is 10.2. The van der Waals surface area contributed by atoms with E-state index in [2.05, 4.69) is 0 Å². The van der Waals surface area contributed by atoms with Gasteiger partial charge in [-0.05, 0) is 6.07 Å². The number of carboxylic acid groups (broad SMARTS) is 1. The van der Waals surface area contributed by atoms with Crippen molar-refractivity contribution in [3.05, 3.63) is 44.5 Å². The number of hydrogen-bond donors (Lipinski definition) is 1. The Morgan fingerprint density at radius 1 is 1.19 bits per heavy atom. The third kappa shape index (κ3) is 5.27. The lowest BCUT2D eigenvalue weighted by atomic mass is 10.3. The van der Waals surface area contributed by atoms with Gasteiger partial charge in [0.2, 0.25) is 0 Å². The summed E-state index contributed by atoms with van der Waals surface area (Å²) in [5.74, 6) is -0.833. The van der Waals surface area contributed by atoms with E-state index >= 15 is 0 Å². The molecule has 0 saturated heterocycles. The molecule has 8 heteroatoms. The number of benzene rings is 1. The smallest absolute Gasteiger partial charge is 0.300 e. The molecule has 0 unspecified atom stereocenters. The maximum atomic E-state index is 10.2. The van der Waals surface area contributed by atoms with Gasteiger partial charge < -0.3 is 5.11 Å². The van der Waals surface area contributed by atoms with Crippen LogP contribution in [0, 0.1) is 20.2 Å². The third-order valence-corrected chi connectivity index (χ3v) is 1.25. The Balaban J connectivity index is 0.000000487. The van der Waals surface area contributed by atoms with E-state index in [1.807, 2.05) is 0 Å². The van der Waals surface area contributed by atoms with Gasteiger partial charge in [0.1, 0.15) is 0 Å². The standard InChI is InChI=1S/C6H4N2O4.C2H4O2/c9-7(10)5-2-1-3-6(4-5)8(11)12;1-2(3)4/h1-4H;1H3,(H,3,4). The van der Waals surface area contributed by atoms with Gasteiger partial charge in [0, 0.05) is 19.1 Å². The summed E-state index contributed by atoms with van der Waals surface area (Å²) < 4.78 is 0. The average molecular weight is 228 g/mol. The van der Waals surface area contributed by atoms with E-state index in [1.54, 1.807) is 0 Å². The molecule has 0 aliphatic heterocycles. The van der Waals surface area contributed by atoms with Crippen molar-refractivity contribution in [1.29, 1.82) is 0 Å². The van der Waals surface area contributed by atoms with Gasteiger partial charge in [-0.25, -0.2) is 0 Å². The second-order valence-electron chi connectivity index (χ2n) is 2.55. The first-order chi connectivity index (χ1) is 7.34. The van der Waals surface area contributed by atoms with Crippen LogP contribution in [-0.2, 0) is 4.79 Å². The molecule has 1 N–H and O–H groups in total. The number of nitro groups is 2. The van der Waals surface area contributed by atoms with E-state index in [-0.39, 0.29) is 11.4 Å². The fourth-order valence-corrected chi connectivity index (χ4v) is 0.720. The molecule has 0 aromatic heterocycles. The lowest BCUT2D eigenvalue weighted by Gasteiger charge is -1.90. The van der Waals surface area contributed by atoms with Crippen LogP contribution in [0.2, 0.25) is 0 Å². The highest BCUT2D eigenvalue weighted by Gasteiger charge is 2.11. The molecule has 0 bridgehead atoms. The van der Waals surface area contributed by atoms with E-state index in [0.29, 0.717) is 0 Å². The van der Waals surface area contributed by atoms with Crippen molar-refractivity contribution in [2.45, 2.75) is 6.92 Å². The van der Waals surface area contributed by atoms with Crippen LogP contribution in [0.5, 0.6) is 0 Å². The number of carbonyl (C=O) groups is 1. The zero-order chi connectivity index (χ0) is 12.7. The molecule has 86 valence electrons. The van der Waals surface area contributed by atoms with Gasteiger partial charge in [-0.2, -0.15) is 0 Å². The Morgan fingerprint density at radius 2 is 1.50 bits per heavy atom. The summed E-state index contributed by atoms with van der Waals surface area (Å²) in [7, 11) is 0. The summed E-state index contributed by atoms with van der Waals surface area (Å²) in [5, 5.41) is 27.7. The molecule has 1 aromatic carbocycles. The summed E-state index contributed by atoms with van der Waals surface area (Å²) in [6, 6.07) is 4.59. The average Bonchev–Trinajstić information content (AvgIpc) is 2.17. The number of rotatable bonds is 2. The van der Waals surface area contributed by atoms with Gasteiger partial charge in [0.15, 0.2) is 0 Å². The molecular weight excluding hydrogens is 220 g/mol. The molecule has 0 saturated carbocycles. The zero-order valence-corrected chi connectivity index (χ0v) is 8.19. The monoisotopic (exact) mass is 228 g/mol. The molecule has 0 fully saturated rings. The van der Waals surface area contributed by atoms with Gasteiger partial charge in [0.25, 0.3) is 17.3 Å². The number of non-ortho nitro benzene ring substituents is 2. The normalized spacial score (nSPS) is 8.56. The van der Waals surface area contributed by atoms with E-state index in [0.717, 1.165) is 13.0 Å². The highest BCUT2D eigenvalue weighted by molar-refractivity contribution is 5.62. The minimum atomic E-state index is -0.833. The minimum Gasteiger partial charge on any atom is -0.481 e. The van der Waals surface area contributed by atoms with Crippen molar-refractivity contribution in [2.24, 2.45) is 0 Å². The molecule has 0 aliphatic carbocycles. The summed E-state index contributed by atoms with van der Waals surface area (Å²) in [5.41, 5.74) is -0.548. The van der Waals surface area contributed by atoms with Crippen LogP contribution in [0.3, 0.4) is 0 Å². The van der Waals surface area contributed by atoms with Crippen LogP contribution in [0.4, 0.5) is 11.4 Å². The Kier molecular flexibility index (Phi) is 5.11. The van der Waals surface area contributed by atoms with Crippen LogP contribution in [0.1, 0.15) is 6.92 Å². The summed E-state index contributed by atoms with van der Waals surface area (Å²) in [4.78, 5) is 28.0. The number of hydrogen-bond acceptors (Lipinski definition) is 5. The molecule has 16 heavy (non-hydrogen) atoms. The Labute approximate surface area is 89.4 Å². The molecule has 0 aliphatic rings. The molecule has 0 atom stereocenters. The van der Waals surface area contributed by atoms with Crippen LogP contribution in [0.25, 0.3) is 0 Å². The molecule has 0 spiro atoms. The molecule has 1 rings (SSSR count). The second-order valence-corrected chi connectivity index (χ2v) is 2.55. The van der Waals surface area contributed by atoms with Crippen molar-refractivity contribution >= 4 is 17.3 Å². The number of nitro benzene ring substituents is 2. The number of carboxylic acids is 1. The van der Waals surface area contributed by atoms with E-state index in [1.165, 1.54) is 18.2 Å². The lowest BCUT2D eigenvalue weighted by Crippen LogP contribution is -1.91. The number of nitrogens with zero attached hydrogens (tertiary/aromatic N) is 2. The lowest BCUT2D eigenvalue weighted by molar-refractivity contribution is -0.394. The quantitative estimate of drug-likeness (QED) is 0.605. The van der Waals surface area contributed by atoms with Crippen molar-refractivity contribution < 1.29 is 19.7 Å². The van der Waals surface area contributed by atoms with Crippen LogP contribution in [0.15, 0.2) is 24.3 Å². The van der Waals surface area contributed by atoms with E-state index in [4.69, 9.17) is 9.90 Å². The van der Waals surface area contributed by atoms with Gasteiger partial charge >= 0.3 is 0 Å². The largest absolute Gasteiger partial charge is 0.481 e. The minimum absolute atomic E-state index is 0.274. The third-order valence-electron chi connectivity index (χ3n) is 1.25. The number of aliphatic carboxylic acids is 1. The van der Waals surface area contributed by atoms with Crippen LogP contribution >= 0.6 is 0 Å². The molecule has 0 amide bonds. The first-order valence-electron chi connectivity index (χ1n) is 3.93. The first kappa shape index (κ1) is 13.5. The Hall–Kier alpha value is -2.51. The summed E-state index contributed by atoms with van der Waals surface area (Å²) in [6.07, 6.45) is 0. The van der Waals surface area contributed by atoms with E-state index in [9.17, 15) is 20.2 Å². The topological polar surface area (TPSA) is 124 Å². The van der Waals surface area contributed by atoms with Gasteiger partial charge in [-0.3, -0.25) is 25.0 Å². The fraction of sp³-hybridized carbons (Fsp3) is 0.125. The SMILES string of the molecule is CC(=O)O.O=[N+]([O-])c1cccc([N+](=O)[O-])c1. The van der Waals surface area contributed by atoms with E-state index < -0.39 is 15.8 Å². The summed E-state index contributed by atoms with van der Waals surface area (Å²) in [6.45, 7) is 1.08. The zero-order valence-electron chi connectivity index (χ0n) is 8.19. The van der Waals surface area contributed by atoms with Gasteiger partial charge in [-0.1, -0.05) is 0 Å². The van der Waals surface area contributed by atoms with Crippen molar-refractivity contribution in [3.8, 4) is 0 Å². The predicted molar refractivity (Wildman–Crippen MR) is 53.1 cm³/mol. The molecule has 8 nitrogen and oxygen atoms in total. The molecular formula is C8H8N2O6. The molecule has 1 aromatic rings. The van der Waals surface area contributed by atoms with Gasteiger partial charge in [-0.15, -0.1) is 0 Å². The van der Waals surface area contributed by atoms with Crippen molar-refractivity contribution in [3.63, 3.8) is 0 Å².